The van der Waals surface area contributed by atoms with Gasteiger partial charge in [0.15, 0.2) is 5.16 Å². The molecular formula is C23H21N5OS. The van der Waals surface area contributed by atoms with E-state index < -0.39 is 0 Å². The Kier molecular flexibility index (Phi) is 6.61. The molecule has 6 nitrogen and oxygen atoms in total. The van der Waals surface area contributed by atoms with Crippen molar-refractivity contribution >= 4 is 11.8 Å². The fourth-order valence-electron chi connectivity index (χ4n) is 3.12. The fourth-order valence-corrected chi connectivity index (χ4v) is 3.96. The molecule has 150 valence electrons. The average molecular weight is 416 g/mol. The molecule has 0 amide bonds. The van der Waals surface area contributed by atoms with Crippen LogP contribution in [-0.4, -0.2) is 24.9 Å². The van der Waals surface area contributed by atoms with Crippen LogP contribution in [0.3, 0.4) is 0 Å². The number of thioether (sulfide) groups is 1. The number of hydrogen-bond acceptors (Lipinski definition) is 6. The lowest BCUT2D eigenvalue weighted by Crippen LogP contribution is -2.20. The third kappa shape index (κ3) is 5.39. The molecule has 7 heteroatoms. The summed E-state index contributed by atoms with van der Waals surface area (Å²) in [4.78, 5) is 33.2. The Hall–Kier alpha value is -3.32. The van der Waals surface area contributed by atoms with Gasteiger partial charge in [-0.05, 0) is 36.1 Å². The summed E-state index contributed by atoms with van der Waals surface area (Å²) in [6, 6.07) is 16.0. The maximum absolute atomic E-state index is 12.9. The number of H-pyrrole nitrogens is 1. The third-order valence-corrected chi connectivity index (χ3v) is 5.58. The normalized spacial score (nSPS) is 10.8. The quantitative estimate of drug-likeness (QED) is 0.349. The van der Waals surface area contributed by atoms with E-state index in [-0.39, 0.29) is 5.56 Å². The largest absolute Gasteiger partial charge is 0.301 e. The molecule has 0 aliphatic carbocycles. The van der Waals surface area contributed by atoms with Crippen molar-refractivity contribution in [3.63, 3.8) is 0 Å². The Labute approximate surface area is 178 Å². The summed E-state index contributed by atoms with van der Waals surface area (Å²) in [5.41, 5.74) is 4.39. The van der Waals surface area contributed by atoms with Crippen LogP contribution in [0.15, 0.2) is 83.4 Å². The van der Waals surface area contributed by atoms with E-state index in [1.165, 1.54) is 23.7 Å². The van der Waals surface area contributed by atoms with Crippen molar-refractivity contribution in [2.75, 3.05) is 0 Å². The molecule has 0 saturated heterocycles. The Morgan fingerprint density at radius 2 is 1.70 bits per heavy atom. The molecule has 0 spiro atoms. The lowest BCUT2D eigenvalue weighted by molar-refractivity contribution is 0.789. The van der Waals surface area contributed by atoms with Gasteiger partial charge in [-0.1, -0.05) is 48.2 Å². The summed E-state index contributed by atoms with van der Waals surface area (Å²) >= 11 is 1.53. The van der Waals surface area contributed by atoms with Gasteiger partial charge < -0.3 is 4.98 Å². The van der Waals surface area contributed by atoms with E-state index in [0.717, 1.165) is 29.1 Å². The predicted octanol–water partition coefficient (Wildman–Crippen LogP) is 3.62. The monoisotopic (exact) mass is 415 g/mol. The first-order valence-electron chi connectivity index (χ1n) is 9.70. The molecule has 4 aromatic rings. The van der Waals surface area contributed by atoms with Crippen molar-refractivity contribution in [3.05, 3.63) is 112 Å². The van der Waals surface area contributed by atoms with Crippen molar-refractivity contribution in [2.24, 2.45) is 0 Å². The summed E-state index contributed by atoms with van der Waals surface area (Å²) in [5.74, 6) is 0.745. The summed E-state index contributed by atoms with van der Waals surface area (Å²) in [6.07, 6.45) is 8.53. The van der Waals surface area contributed by atoms with Crippen LogP contribution in [0.5, 0.6) is 0 Å². The molecular weight excluding hydrogens is 394 g/mol. The Morgan fingerprint density at radius 1 is 0.900 bits per heavy atom. The number of benzene rings is 1. The first kappa shape index (κ1) is 20.0. The van der Waals surface area contributed by atoms with Gasteiger partial charge in [0, 0.05) is 42.0 Å². The van der Waals surface area contributed by atoms with Crippen LogP contribution in [0.2, 0.25) is 0 Å². The first-order chi connectivity index (χ1) is 14.8. The number of rotatable bonds is 8. The SMILES string of the molecule is O=c1[nH]c(SCc2ccccc2)nc(CCc2ccccn2)c1Cc1cncnc1. The number of pyridine rings is 1. The number of hydrogen-bond donors (Lipinski definition) is 1. The van der Waals surface area contributed by atoms with Crippen molar-refractivity contribution in [1.82, 2.24) is 24.9 Å². The zero-order valence-corrected chi connectivity index (χ0v) is 17.2. The molecule has 0 radical (unpaired) electrons. The van der Waals surface area contributed by atoms with E-state index in [9.17, 15) is 4.79 Å². The van der Waals surface area contributed by atoms with Crippen LogP contribution in [0, 0.1) is 0 Å². The van der Waals surface area contributed by atoms with Crippen LogP contribution in [0.4, 0.5) is 0 Å². The number of nitrogens with zero attached hydrogens (tertiary/aromatic N) is 4. The molecule has 1 aromatic carbocycles. The van der Waals surface area contributed by atoms with Gasteiger partial charge in [-0.15, -0.1) is 0 Å². The fraction of sp³-hybridized carbons (Fsp3) is 0.174. The topological polar surface area (TPSA) is 84.4 Å². The summed E-state index contributed by atoms with van der Waals surface area (Å²) in [7, 11) is 0. The van der Waals surface area contributed by atoms with Gasteiger partial charge in [0.05, 0.1) is 5.69 Å². The van der Waals surface area contributed by atoms with Crippen LogP contribution in [0.25, 0.3) is 0 Å². The highest BCUT2D eigenvalue weighted by Crippen LogP contribution is 2.20. The standard InChI is InChI=1S/C23H21N5OS/c29-22-20(12-18-13-24-16-25-14-18)21(10-9-19-8-4-5-11-26-19)27-23(28-22)30-15-17-6-2-1-3-7-17/h1-8,11,13-14,16H,9-10,12,15H2,(H,27,28,29). The lowest BCUT2D eigenvalue weighted by atomic mass is 10.0. The van der Waals surface area contributed by atoms with Crippen molar-refractivity contribution in [2.45, 2.75) is 30.2 Å². The molecule has 30 heavy (non-hydrogen) atoms. The molecule has 0 aliphatic rings. The molecule has 0 unspecified atom stereocenters. The molecule has 3 aromatic heterocycles. The Bertz CT molecular complexity index is 1130. The van der Waals surface area contributed by atoms with E-state index in [1.807, 2.05) is 36.4 Å². The molecule has 4 rings (SSSR count). The van der Waals surface area contributed by atoms with Gasteiger partial charge in [0.2, 0.25) is 0 Å². The number of nitrogens with one attached hydrogen (secondary N) is 1. The van der Waals surface area contributed by atoms with Crippen LogP contribution >= 0.6 is 11.8 Å². The maximum Gasteiger partial charge on any atom is 0.255 e. The summed E-state index contributed by atoms with van der Waals surface area (Å²) in [6.45, 7) is 0. The molecule has 3 heterocycles. The summed E-state index contributed by atoms with van der Waals surface area (Å²) < 4.78 is 0. The van der Waals surface area contributed by atoms with Crippen LogP contribution in [0.1, 0.15) is 28.1 Å². The molecule has 0 bridgehead atoms. The highest BCUT2D eigenvalue weighted by atomic mass is 32.2. The minimum atomic E-state index is -0.111. The van der Waals surface area contributed by atoms with Gasteiger partial charge in [0.1, 0.15) is 6.33 Å². The van der Waals surface area contributed by atoms with Gasteiger partial charge in [-0.3, -0.25) is 9.78 Å². The Morgan fingerprint density at radius 3 is 2.47 bits per heavy atom. The van der Waals surface area contributed by atoms with E-state index in [0.29, 0.717) is 23.6 Å². The minimum Gasteiger partial charge on any atom is -0.301 e. The zero-order valence-electron chi connectivity index (χ0n) is 16.4. The van der Waals surface area contributed by atoms with E-state index in [2.05, 4.69) is 32.1 Å². The van der Waals surface area contributed by atoms with E-state index in [4.69, 9.17) is 4.98 Å². The van der Waals surface area contributed by atoms with Gasteiger partial charge in [-0.25, -0.2) is 15.0 Å². The second-order valence-electron chi connectivity index (χ2n) is 6.82. The first-order valence-corrected chi connectivity index (χ1v) is 10.7. The number of aromatic amines is 1. The summed E-state index contributed by atoms with van der Waals surface area (Å²) in [5, 5.41) is 0.632. The zero-order chi connectivity index (χ0) is 20.6. The third-order valence-electron chi connectivity index (χ3n) is 4.64. The van der Waals surface area contributed by atoms with E-state index in [1.54, 1.807) is 18.6 Å². The van der Waals surface area contributed by atoms with Gasteiger partial charge in [0.25, 0.3) is 5.56 Å². The number of aromatic nitrogens is 5. The van der Waals surface area contributed by atoms with Crippen LogP contribution < -0.4 is 5.56 Å². The highest BCUT2D eigenvalue weighted by Gasteiger charge is 2.14. The molecule has 0 fully saturated rings. The smallest absolute Gasteiger partial charge is 0.255 e. The average Bonchev–Trinajstić information content (AvgIpc) is 2.80. The highest BCUT2D eigenvalue weighted by molar-refractivity contribution is 7.98. The second-order valence-corrected chi connectivity index (χ2v) is 7.78. The van der Waals surface area contributed by atoms with Crippen molar-refractivity contribution in [3.8, 4) is 0 Å². The minimum absolute atomic E-state index is 0.111. The van der Waals surface area contributed by atoms with Gasteiger partial charge in [-0.2, -0.15) is 0 Å². The Balaban J connectivity index is 1.59. The molecule has 0 atom stereocenters. The molecule has 0 aliphatic heterocycles. The van der Waals surface area contributed by atoms with Crippen molar-refractivity contribution in [1.29, 1.82) is 0 Å². The van der Waals surface area contributed by atoms with E-state index >= 15 is 0 Å². The second kappa shape index (κ2) is 9.93. The molecule has 1 N–H and O–H groups in total. The predicted molar refractivity (Wildman–Crippen MR) is 117 cm³/mol. The van der Waals surface area contributed by atoms with Crippen LogP contribution in [-0.2, 0) is 25.0 Å². The number of aryl methyl sites for hydroxylation is 2. The van der Waals surface area contributed by atoms with Gasteiger partial charge >= 0.3 is 0 Å². The lowest BCUT2D eigenvalue weighted by Gasteiger charge is -2.10. The van der Waals surface area contributed by atoms with Crippen molar-refractivity contribution < 1.29 is 0 Å². The maximum atomic E-state index is 12.9. The molecule has 0 saturated carbocycles.